The summed E-state index contributed by atoms with van der Waals surface area (Å²) in [5.41, 5.74) is 11.0. The smallest absolute Gasteiger partial charge is 0.260 e. The second-order valence-corrected chi connectivity index (χ2v) is 9.76. The Morgan fingerprint density at radius 2 is 1.34 bits per heavy atom. The van der Waals surface area contributed by atoms with E-state index in [1.807, 2.05) is 12.3 Å². The molecule has 0 spiro atoms. The lowest BCUT2D eigenvalue weighted by Crippen LogP contribution is -2.65. The number of hydrogen-bond donors (Lipinski definition) is 0. The van der Waals surface area contributed by atoms with Crippen LogP contribution in [-0.4, -0.2) is 28.0 Å². The van der Waals surface area contributed by atoms with Crippen LogP contribution >= 0.6 is 0 Å². The van der Waals surface area contributed by atoms with Crippen LogP contribution in [0.4, 0.5) is 0 Å². The molecule has 4 aliphatic heterocycles. The van der Waals surface area contributed by atoms with E-state index in [2.05, 4.69) is 75.2 Å². The molecule has 6 aromatic rings. The van der Waals surface area contributed by atoms with Crippen LogP contribution in [0.3, 0.4) is 0 Å². The number of aromatic nitrogens is 3. The number of ether oxygens (including phenoxy) is 2. The first kappa shape index (κ1) is 17.0. The SMILES string of the molecule is c1ccc2c(c1)Oc1cc3c4c5c1B2c1cccc2c6cccc(c6n-5c12)B4c1cncnc1O3. The van der Waals surface area contributed by atoms with Gasteiger partial charge in [-0.2, -0.15) is 0 Å². The lowest BCUT2D eigenvalue weighted by Gasteiger charge is -2.39. The van der Waals surface area contributed by atoms with Gasteiger partial charge < -0.3 is 14.0 Å². The maximum absolute atomic E-state index is 6.56. The Morgan fingerprint density at radius 3 is 2.14 bits per heavy atom. The van der Waals surface area contributed by atoms with E-state index >= 15 is 0 Å². The van der Waals surface area contributed by atoms with E-state index in [-0.39, 0.29) is 13.4 Å². The molecule has 0 amide bonds. The van der Waals surface area contributed by atoms with Crippen molar-refractivity contribution in [3.8, 4) is 28.8 Å². The van der Waals surface area contributed by atoms with Crippen LogP contribution in [0.1, 0.15) is 0 Å². The van der Waals surface area contributed by atoms with E-state index in [9.17, 15) is 0 Å². The van der Waals surface area contributed by atoms with Gasteiger partial charge in [0, 0.05) is 45.2 Å². The maximum atomic E-state index is 6.56. The van der Waals surface area contributed by atoms with Crippen molar-refractivity contribution in [2.75, 3.05) is 0 Å². The third-order valence-electron chi connectivity index (χ3n) is 8.27. The van der Waals surface area contributed by atoms with Crippen molar-refractivity contribution in [3.63, 3.8) is 0 Å². The van der Waals surface area contributed by atoms with E-state index in [1.54, 1.807) is 6.33 Å². The number of fused-ring (bicyclic) bond motifs is 7. The van der Waals surface area contributed by atoms with Gasteiger partial charge in [0.15, 0.2) is 0 Å². The van der Waals surface area contributed by atoms with Gasteiger partial charge >= 0.3 is 0 Å². The molecule has 0 aliphatic carbocycles. The van der Waals surface area contributed by atoms with Gasteiger partial charge in [0.1, 0.15) is 23.6 Å². The molecule has 2 aromatic heterocycles. The van der Waals surface area contributed by atoms with Gasteiger partial charge in [0.05, 0.1) is 0 Å². The number of rotatable bonds is 0. The zero-order chi connectivity index (χ0) is 22.4. The molecular weight excluding hydrogens is 432 g/mol. The zero-order valence-electron chi connectivity index (χ0n) is 18.3. The van der Waals surface area contributed by atoms with Crippen LogP contribution in [-0.2, 0) is 0 Å². The Balaban J connectivity index is 1.51. The van der Waals surface area contributed by atoms with Crippen molar-refractivity contribution in [1.82, 2.24) is 14.5 Å². The van der Waals surface area contributed by atoms with Crippen LogP contribution in [0.5, 0.6) is 23.1 Å². The molecular formula is C28H13B2N3O2. The maximum Gasteiger partial charge on any atom is 0.260 e. The fraction of sp³-hybridized carbons (Fsp3) is 0. The van der Waals surface area contributed by atoms with E-state index in [1.165, 1.54) is 54.8 Å². The minimum absolute atomic E-state index is 0.00938. The molecule has 0 saturated heterocycles. The molecule has 0 atom stereocenters. The summed E-state index contributed by atoms with van der Waals surface area (Å²) in [6.45, 7) is 0.113. The minimum Gasteiger partial charge on any atom is -0.458 e. The molecule has 4 aliphatic rings. The molecule has 158 valence electrons. The Kier molecular flexibility index (Phi) is 2.63. The van der Waals surface area contributed by atoms with Crippen molar-refractivity contribution in [2.24, 2.45) is 0 Å². The van der Waals surface area contributed by atoms with E-state index < -0.39 is 0 Å². The lowest BCUT2D eigenvalue weighted by molar-refractivity contribution is 0.453. The van der Waals surface area contributed by atoms with Gasteiger partial charge in [-0.1, -0.05) is 54.6 Å². The summed E-state index contributed by atoms with van der Waals surface area (Å²) < 4.78 is 15.5. The molecule has 35 heavy (non-hydrogen) atoms. The van der Waals surface area contributed by atoms with Crippen molar-refractivity contribution in [3.05, 3.63) is 79.3 Å². The zero-order valence-corrected chi connectivity index (χ0v) is 18.3. The van der Waals surface area contributed by atoms with Crippen LogP contribution in [0.2, 0.25) is 0 Å². The Morgan fingerprint density at radius 1 is 0.657 bits per heavy atom. The van der Waals surface area contributed by atoms with Crippen LogP contribution in [0, 0.1) is 0 Å². The van der Waals surface area contributed by atoms with Gasteiger partial charge in [0.2, 0.25) is 5.88 Å². The number of para-hydroxylation sites is 3. The van der Waals surface area contributed by atoms with Crippen LogP contribution in [0.15, 0.2) is 79.3 Å². The third kappa shape index (κ3) is 1.73. The van der Waals surface area contributed by atoms with Crippen molar-refractivity contribution < 1.29 is 9.47 Å². The van der Waals surface area contributed by atoms with Crippen molar-refractivity contribution in [2.45, 2.75) is 0 Å². The summed E-state index contributed by atoms with van der Waals surface area (Å²) in [5, 5.41) is 2.57. The first-order valence-electron chi connectivity index (χ1n) is 11.9. The van der Waals surface area contributed by atoms with E-state index in [0.717, 1.165) is 22.7 Å². The van der Waals surface area contributed by atoms with Crippen molar-refractivity contribution >= 4 is 68.0 Å². The third-order valence-corrected chi connectivity index (χ3v) is 8.27. The van der Waals surface area contributed by atoms with Gasteiger partial charge in [-0.25, -0.2) is 9.97 Å². The highest BCUT2D eigenvalue weighted by molar-refractivity contribution is 7.03. The quantitative estimate of drug-likeness (QED) is 0.332. The number of benzene rings is 4. The number of nitrogens with zero attached hydrogens (tertiary/aromatic N) is 3. The molecule has 7 heteroatoms. The molecule has 0 unspecified atom stereocenters. The summed E-state index contributed by atoms with van der Waals surface area (Å²) in [6.07, 6.45) is 3.47. The summed E-state index contributed by atoms with van der Waals surface area (Å²) in [5.74, 6) is 3.21. The standard InChI is InChI=1S/C28H13B2N3O2/c1-2-10-20-16(7-1)29-17-8-3-5-14-15-6-4-9-18-26(15)33(25(14)17)27-23(29)21(34-20)11-22-24(27)30(18)19-12-31-13-32-28(19)35-22/h1-13H. The largest absolute Gasteiger partial charge is 0.458 e. The molecule has 0 bridgehead atoms. The molecule has 0 radical (unpaired) electrons. The highest BCUT2D eigenvalue weighted by Gasteiger charge is 2.48. The predicted molar refractivity (Wildman–Crippen MR) is 139 cm³/mol. The van der Waals surface area contributed by atoms with Gasteiger partial charge in [0.25, 0.3) is 13.4 Å². The molecule has 0 N–H and O–H groups in total. The van der Waals surface area contributed by atoms with Crippen LogP contribution in [0.25, 0.3) is 27.5 Å². The summed E-state index contributed by atoms with van der Waals surface area (Å²) >= 11 is 0. The monoisotopic (exact) mass is 445 g/mol. The highest BCUT2D eigenvalue weighted by atomic mass is 16.5. The fourth-order valence-electron chi connectivity index (χ4n) is 7.08. The van der Waals surface area contributed by atoms with Crippen LogP contribution < -0.4 is 42.3 Å². The van der Waals surface area contributed by atoms with E-state index in [0.29, 0.717) is 5.88 Å². The first-order chi connectivity index (χ1) is 17.4. The van der Waals surface area contributed by atoms with Gasteiger partial charge in [-0.3, -0.25) is 0 Å². The summed E-state index contributed by atoms with van der Waals surface area (Å²) in [7, 11) is 0. The Bertz CT molecular complexity index is 1860. The molecule has 4 aromatic carbocycles. The fourth-order valence-corrected chi connectivity index (χ4v) is 7.08. The Hall–Kier alpha value is -4.51. The minimum atomic E-state index is 0.00938. The lowest BCUT2D eigenvalue weighted by atomic mass is 9.30. The average molecular weight is 445 g/mol. The molecule has 0 fully saturated rings. The second-order valence-electron chi connectivity index (χ2n) is 9.76. The Labute approximate surface area is 200 Å². The van der Waals surface area contributed by atoms with Crippen molar-refractivity contribution in [1.29, 1.82) is 0 Å². The van der Waals surface area contributed by atoms with Gasteiger partial charge in [-0.15, -0.1) is 0 Å². The normalized spacial score (nSPS) is 14.6. The molecule has 5 nitrogen and oxygen atoms in total. The summed E-state index contributed by atoms with van der Waals surface area (Å²) in [4.78, 5) is 8.89. The average Bonchev–Trinajstić information content (AvgIpc) is 3.25. The second kappa shape index (κ2) is 5.41. The summed E-state index contributed by atoms with van der Waals surface area (Å²) in [6, 6.07) is 23.9. The molecule has 6 heterocycles. The first-order valence-corrected chi connectivity index (χ1v) is 11.9. The highest BCUT2D eigenvalue weighted by Crippen LogP contribution is 2.41. The molecule has 0 saturated carbocycles. The predicted octanol–water partition coefficient (Wildman–Crippen LogP) is 1.44. The van der Waals surface area contributed by atoms with E-state index in [4.69, 9.17) is 9.47 Å². The molecule has 10 rings (SSSR count). The van der Waals surface area contributed by atoms with Gasteiger partial charge in [-0.05, 0) is 33.4 Å². The topological polar surface area (TPSA) is 49.2 Å². The number of hydrogen-bond acceptors (Lipinski definition) is 4.